The van der Waals surface area contributed by atoms with Crippen molar-refractivity contribution in [1.29, 1.82) is 0 Å². The number of methoxy groups -OCH3 is 1. The third-order valence-corrected chi connectivity index (χ3v) is 3.06. The monoisotopic (exact) mass is 279 g/mol. The molecule has 1 unspecified atom stereocenters. The second-order valence-corrected chi connectivity index (χ2v) is 5.08. The summed E-state index contributed by atoms with van der Waals surface area (Å²) >= 11 is 0. The van der Waals surface area contributed by atoms with Crippen LogP contribution in [0.2, 0.25) is 0 Å². The molecule has 20 heavy (non-hydrogen) atoms. The quantitative estimate of drug-likeness (QED) is 0.742. The maximum absolute atomic E-state index is 12.3. The molecule has 1 heterocycles. The minimum Gasteiger partial charge on any atom is -0.384 e. The van der Waals surface area contributed by atoms with E-state index in [0.717, 1.165) is 12.0 Å². The molecule has 1 aromatic rings. The van der Waals surface area contributed by atoms with Gasteiger partial charge in [-0.15, -0.1) is 0 Å². The first-order chi connectivity index (χ1) is 9.67. The number of ether oxygens (including phenoxy) is 1. The largest absolute Gasteiger partial charge is 0.384 e. The molecule has 5 nitrogen and oxygen atoms in total. The number of amides is 1. The maximum atomic E-state index is 12.3. The van der Waals surface area contributed by atoms with Crippen molar-refractivity contribution in [2.75, 3.05) is 26.8 Å². The number of rotatable bonds is 9. The van der Waals surface area contributed by atoms with Crippen molar-refractivity contribution in [1.82, 2.24) is 9.88 Å². The molecule has 0 saturated heterocycles. The molecule has 0 saturated carbocycles. The van der Waals surface area contributed by atoms with Gasteiger partial charge in [-0.1, -0.05) is 13.0 Å². The van der Waals surface area contributed by atoms with E-state index >= 15 is 0 Å². The van der Waals surface area contributed by atoms with Crippen molar-refractivity contribution in [3.63, 3.8) is 0 Å². The SMILES string of the molecule is COCC(C)CC(=O)N(CCCN)Cc1cccnc1. The first-order valence-corrected chi connectivity index (χ1v) is 7.03. The summed E-state index contributed by atoms with van der Waals surface area (Å²) in [5, 5.41) is 0. The van der Waals surface area contributed by atoms with Crippen molar-refractivity contribution >= 4 is 5.91 Å². The Morgan fingerprint density at radius 1 is 1.55 bits per heavy atom. The van der Waals surface area contributed by atoms with Crippen LogP contribution in [-0.2, 0) is 16.1 Å². The van der Waals surface area contributed by atoms with E-state index in [1.54, 1.807) is 19.5 Å². The zero-order valence-electron chi connectivity index (χ0n) is 12.4. The second kappa shape index (κ2) is 9.44. The lowest BCUT2D eigenvalue weighted by Crippen LogP contribution is -2.34. The average molecular weight is 279 g/mol. The summed E-state index contributed by atoms with van der Waals surface area (Å²) in [7, 11) is 1.66. The lowest BCUT2D eigenvalue weighted by molar-refractivity contribution is -0.133. The molecule has 1 rings (SSSR count). The Balaban J connectivity index is 2.60. The molecule has 0 aromatic carbocycles. The van der Waals surface area contributed by atoms with E-state index in [9.17, 15) is 4.79 Å². The van der Waals surface area contributed by atoms with Crippen molar-refractivity contribution < 1.29 is 9.53 Å². The minimum absolute atomic E-state index is 0.145. The number of pyridine rings is 1. The van der Waals surface area contributed by atoms with E-state index in [0.29, 0.717) is 32.7 Å². The Bertz CT molecular complexity index is 384. The normalized spacial score (nSPS) is 12.2. The van der Waals surface area contributed by atoms with Gasteiger partial charge < -0.3 is 15.4 Å². The van der Waals surface area contributed by atoms with Gasteiger partial charge in [-0.3, -0.25) is 9.78 Å². The van der Waals surface area contributed by atoms with E-state index in [1.807, 2.05) is 24.0 Å². The Hall–Kier alpha value is -1.46. The second-order valence-electron chi connectivity index (χ2n) is 5.08. The van der Waals surface area contributed by atoms with Crippen LogP contribution in [0.1, 0.15) is 25.3 Å². The number of carbonyl (C=O) groups excluding carboxylic acids is 1. The number of nitrogens with zero attached hydrogens (tertiary/aromatic N) is 2. The number of hydrogen-bond donors (Lipinski definition) is 1. The molecule has 0 spiro atoms. The Morgan fingerprint density at radius 2 is 2.35 bits per heavy atom. The highest BCUT2D eigenvalue weighted by Crippen LogP contribution is 2.10. The van der Waals surface area contributed by atoms with Crippen LogP contribution >= 0.6 is 0 Å². The zero-order chi connectivity index (χ0) is 14.8. The summed E-state index contributed by atoms with van der Waals surface area (Å²) in [4.78, 5) is 18.3. The van der Waals surface area contributed by atoms with Gasteiger partial charge >= 0.3 is 0 Å². The fourth-order valence-corrected chi connectivity index (χ4v) is 2.06. The van der Waals surface area contributed by atoms with E-state index < -0.39 is 0 Å². The van der Waals surface area contributed by atoms with Crippen molar-refractivity contribution in [2.45, 2.75) is 26.3 Å². The molecule has 1 amide bonds. The van der Waals surface area contributed by atoms with E-state index in [-0.39, 0.29) is 11.8 Å². The highest BCUT2D eigenvalue weighted by atomic mass is 16.5. The molecule has 1 atom stereocenters. The standard InChI is InChI=1S/C15H25N3O2/c1-13(12-20-2)9-15(19)18(8-4-6-16)11-14-5-3-7-17-10-14/h3,5,7,10,13H,4,6,8-9,11-12,16H2,1-2H3. The van der Waals surface area contributed by atoms with Gasteiger partial charge in [0.1, 0.15) is 0 Å². The molecule has 1 aromatic heterocycles. The van der Waals surface area contributed by atoms with Gasteiger partial charge in [0, 0.05) is 45.6 Å². The molecule has 2 N–H and O–H groups in total. The predicted molar refractivity (Wildman–Crippen MR) is 79.0 cm³/mol. The molecular weight excluding hydrogens is 254 g/mol. The molecule has 0 aliphatic rings. The molecule has 5 heteroatoms. The van der Waals surface area contributed by atoms with Crippen molar-refractivity contribution in [3.8, 4) is 0 Å². The van der Waals surface area contributed by atoms with Gasteiger partial charge in [0.2, 0.25) is 5.91 Å². The van der Waals surface area contributed by atoms with Gasteiger partial charge in [0.25, 0.3) is 0 Å². The molecule has 0 fully saturated rings. The predicted octanol–water partition coefficient (Wildman–Crippen LogP) is 1.43. The van der Waals surface area contributed by atoms with Gasteiger partial charge in [0.15, 0.2) is 0 Å². The number of hydrogen-bond acceptors (Lipinski definition) is 4. The van der Waals surface area contributed by atoms with Crippen LogP contribution in [0.3, 0.4) is 0 Å². The van der Waals surface area contributed by atoms with Crippen LogP contribution in [0.5, 0.6) is 0 Å². The van der Waals surface area contributed by atoms with E-state index in [2.05, 4.69) is 4.98 Å². The lowest BCUT2D eigenvalue weighted by Gasteiger charge is -2.24. The number of carbonyl (C=O) groups is 1. The highest BCUT2D eigenvalue weighted by molar-refractivity contribution is 5.76. The Kier molecular flexibility index (Phi) is 7.84. The van der Waals surface area contributed by atoms with Gasteiger partial charge in [-0.2, -0.15) is 0 Å². The van der Waals surface area contributed by atoms with Crippen LogP contribution in [-0.4, -0.2) is 42.6 Å². The third-order valence-electron chi connectivity index (χ3n) is 3.06. The summed E-state index contributed by atoms with van der Waals surface area (Å²) in [6, 6.07) is 3.86. The molecule has 0 aliphatic heterocycles. The fraction of sp³-hybridized carbons (Fsp3) is 0.600. The van der Waals surface area contributed by atoms with Gasteiger partial charge in [-0.25, -0.2) is 0 Å². The van der Waals surface area contributed by atoms with Crippen molar-refractivity contribution in [3.05, 3.63) is 30.1 Å². The Morgan fingerprint density at radius 3 is 2.95 bits per heavy atom. The van der Waals surface area contributed by atoms with Gasteiger partial charge in [-0.05, 0) is 30.5 Å². The zero-order valence-corrected chi connectivity index (χ0v) is 12.4. The summed E-state index contributed by atoms with van der Waals surface area (Å²) in [6.45, 7) is 4.48. The van der Waals surface area contributed by atoms with Crippen molar-refractivity contribution in [2.24, 2.45) is 11.7 Å². The molecule has 0 radical (unpaired) electrons. The molecule has 112 valence electrons. The summed E-state index contributed by atoms with van der Waals surface area (Å²) < 4.78 is 5.08. The fourth-order valence-electron chi connectivity index (χ4n) is 2.06. The summed E-state index contributed by atoms with van der Waals surface area (Å²) in [5.41, 5.74) is 6.59. The molecule has 0 aliphatic carbocycles. The van der Waals surface area contributed by atoms with E-state index in [1.165, 1.54) is 0 Å². The van der Waals surface area contributed by atoms with E-state index in [4.69, 9.17) is 10.5 Å². The van der Waals surface area contributed by atoms with Crippen LogP contribution in [0.4, 0.5) is 0 Å². The summed E-state index contributed by atoms with van der Waals surface area (Å²) in [5.74, 6) is 0.369. The lowest BCUT2D eigenvalue weighted by atomic mass is 10.1. The first-order valence-electron chi connectivity index (χ1n) is 7.03. The summed E-state index contributed by atoms with van der Waals surface area (Å²) in [6.07, 6.45) is 4.83. The first kappa shape index (κ1) is 16.6. The van der Waals surface area contributed by atoms with Crippen LogP contribution < -0.4 is 5.73 Å². The number of aromatic nitrogens is 1. The number of nitrogens with two attached hydrogens (primary N) is 1. The van der Waals surface area contributed by atoms with Crippen LogP contribution in [0, 0.1) is 5.92 Å². The smallest absolute Gasteiger partial charge is 0.223 e. The maximum Gasteiger partial charge on any atom is 0.223 e. The highest BCUT2D eigenvalue weighted by Gasteiger charge is 2.16. The van der Waals surface area contributed by atoms with Crippen LogP contribution in [0.15, 0.2) is 24.5 Å². The third kappa shape index (κ3) is 6.12. The minimum atomic E-state index is 0.145. The molecule has 0 bridgehead atoms. The molecular formula is C15H25N3O2. The topological polar surface area (TPSA) is 68.5 Å². The Labute approximate surface area is 121 Å². The average Bonchev–Trinajstić information content (AvgIpc) is 2.44. The van der Waals surface area contributed by atoms with Gasteiger partial charge in [0.05, 0.1) is 0 Å². The van der Waals surface area contributed by atoms with Crippen LogP contribution in [0.25, 0.3) is 0 Å².